The molecule has 16 heavy (non-hydrogen) atoms. The second kappa shape index (κ2) is 4.12. The number of rotatable bonds is 2. The lowest BCUT2D eigenvalue weighted by Gasteiger charge is -2.11. The lowest BCUT2D eigenvalue weighted by atomic mass is 10.2. The van der Waals surface area contributed by atoms with Gasteiger partial charge in [0.25, 0.3) is 0 Å². The Morgan fingerprint density at radius 3 is 2.12 bits per heavy atom. The molecule has 1 rings (SSSR count). The molecule has 0 aliphatic carbocycles. The van der Waals surface area contributed by atoms with Crippen LogP contribution >= 0.6 is 0 Å². The normalized spacial score (nSPS) is 13.8. The van der Waals surface area contributed by atoms with Gasteiger partial charge in [0.05, 0.1) is 0 Å². The molecule has 0 fully saturated rings. The quantitative estimate of drug-likeness (QED) is 0.573. The Morgan fingerprint density at radius 1 is 1.19 bits per heavy atom. The topological polar surface area (TPSA) is 69.6 Å². The Bertz CT molecular complexity index is 493. The van der Waals surface area contributed by atoms with Crippen molar-refractivity contribution >= 4 is 15.9 Å². The molecular formula is C8H5F3NO3S-. The lowest BCUT2D eigenvalue weighted by Crippen LogP contribution is -2.27. The van der Waals surface area contributed by atoms with Crippen LogP contribution in [0, 0.1) is 0 Å². The van der Waals surface area contributed by atoms with Gasteiger partial charge in [-0.3, -0.25) is 0 Å². The van der Waals surface area contributed by atoms with E-state index >= 15 is 0 Å². The van der Waals surface area contributed by atoms with Crippen LogP contribution in [0.25, 0.3) is 0 Å². The van der Waals surface area contributed by atoms with Gasteiger partial charge in [0.1, 0.15) is 0 Å². The van der Waals surface area contributed by atoms with Gasteiger partial charge in [-0.2, -0.15) is 26.0 Å². The van der Waals surface area contributed by atoms with Gasteiger partial charge in [-0.1, -0.05) is 30.3 Å². The minimum atomic E-state index is -5.77. The fourth-order valence-electron chi connectivity index (χ4n) is 0.794. The van der Waals surface area contributed by atoms with Crippen molar-refractivity contribution in [3.8, 4) is 0 Å². The summed E-state index contributed by atoms with van der Waals surface area (Å²) >= 11 is 0. The smallest absolute Gasteiger partial charge is 0.518 e. The average Bonchev–Trinajstić information content (AvgIpc) is 2.16. The van der Waals surface area contributed by atoms with Crippen molar-refractivity contribution in [1.29, 1.82) is 0 Å². The molecule has 0 amide bonds. The predicted molar refractivity (Wildman–Crippen MR) is 48.0 cm³/mol. The van der Waals surface area contributed by atoms with Crippen molar-refractivity contribution in [1.82, 2.24) is 0 Å². The number of alkyl halides is 3. The summed E-state index contributed by atoms with van der Waals surface area (Å²) in [6, 6.07) is 6.61. The minimum Gasteiger partial charge on any atom is -0.858 e. The van der Waals surface area contributed by atoms with E-state index in [1.165, 1.54) is 18.2 Å². The van der Waals surface area contributed by atoms with Crippen LogP contribution in [-0.4, -0.2) is 19.8 Å². The molecule has 0 aliphatic heterocycles. The zero-order valence-electron chi connectivity index (χ0n) is 7.60. The molecule has 8 heteroatoms. The maximum absolute atomic E-state index is 11.9. The molecule has 0 aromatic heterocycles. The van der Waals surface area contributed by atoms with Crippen molar-refractivity contribution in [3.63, 3.8) is 0 Å². The van der Waals surface area contributed by atoms with E-state index in [1.54, 1.807) is 0 Å². The van der Waals surface area contributed by atoms with Crippen LogP contribution < -0.4 is 5.11 Å². The zero-order valence-corrected chi connectivity index (χ0v) is 8.42. The molecule has 0 saturated heterocycles. The molecule has 0 spiro atoms. The fourth-order valence-corrected chi connectivity index (χ4v) is 1.22. The molecular weight excluding hydrogens is 247 g/mol. The maximum Gasteiger partial charge on any atom is 0.518 e. The Morgan fingerprint density at radius 2 is 1.69 bits per heavy atom. The molecule has 0 heterocycles. The average molecular weight is 252 g/mol. The van der Waals surface area contributed by atoms with Gasteiger partial charge >= 0.3 is 15.5 Å². The first-order valence-electron chi connectivity index (χ1n) is 3.88. The third-order valence-electron chi connectivity index (χ3n) is 1.52. The van der Waals surface area contributed by atoms with E-state index in [0.29, 0.717) is 0 Å². The number of hydrogen-bond acceptors (Lipinski definition) is 3. The molecule has 0 bridgehead atoms. The number of halogens is 3. The van der Waals surface area contributed by atoms with Crippen LogP contribution in [-0.2, 0) is 10.0 Å². The highest BCUT2D eigenvalue weighted by Crippen LogP contribution is 2.24. The second-order valence-electron chi connectivity index (χ2n) is 2.68. The first-order chi connectivity index (χ1) is 7.24. The molecule has 1 aromatic rings. The highest BCUT2D eigenvalue weighted by molar-refractivity contribution is 7.91. The van der Waals surface area contributed by atoms with Crippen LogP contribution in [0.2, 0.25) is 0 Å². The summed E-state index contributed by atoms with van der Waals surface area (Å²) in [5, 5.41) is 11.1. The van der Waals surface area contributed by atoms with Crippen LogP contribution in [0.15, 0.2) is 34.7 Å². The van der Waals surface area contributed by atoms with Crippen molar-refractivity contribution in [2.45, 2.75) is 5.51 Å². The summed E-state index contributed by atoms with van der Waals surface area (Å²) < 4.78 is 58.8. The van der Waals surface area contributed by atoms with Gasteiger partial charge in [-0.15, -0.1) is 0 Å². The largest absolute Gasteiger partial charge is 0.858 e. The van der Waals surface area contributed by atoms with Crippen LogP contribution in [0.3, 0.4) is 0 Å². The van der Waals surface area contributed by atoms with E-state index in [2.05, 4.69) is 4.40 Å². The molecule has 0 aliphatic rings. The van der Waals surface area contributed by atoms with Crippen molar-refractivity contribution < 1.29 is 26.7 Å². The number of hydrogen-bond donors (Lipinski definition) is 0. The van der Waals surface area contributed by atoms with E-state index in [-0.39, 0.29) is 5.56 Å². The van der Waals surface area contributed by atoms with Crippen molar-refractivity contribution in [2.24, 2.45) is 4.40 Å². The first-order valence-corrected chi connectivity index (χ1v) is 5.32. The van der Waals surface area contributed by atoms with E-state index in [4.69, 9.17) is 0 Å². The van der Waals surface area contributed by atoms with E-state index < -0.39 is 21.4 Å². The Labute approximate surface area is 89.1 Å². The SMILES string of the molecule is O=S(=O)(/N=C(\[O-])c1ccccc1)C(F)(F)F. The van der Waals surface area contributed by atoms with E-state index in [9.17, 15) is 26.7 Å². The molecule has 0 N–H and O–H groups in total. The molecule has 0 radical (unpaired) electrons. The van der Waals surface area contributed by atoms with Crippen molar-refractivity contribution in [2.75, 3.05) is 0 Å². The number of benzene rings is 1. The summed E-state index contributed by atoms with van der Waals surface area (Å²) in [5.74, 6) is -1.45. The zero-order chi connectivity index (χ0) is 12.4. The van der Waals surface area contributed by atoms with Crippen LogP contribution in [0.5, 0.6) is 0 Å². The highest BCUT2D eigenvalue weighted by Gasteiger charge is 2.45. The maximum atomic E-state index is 11.9. The summed E-state index contributed by atoms with van der Waals surface area (Å²) in [6.07, 6.45) is 0. The van der Waals surface area contributed by atoms with E-state index in [1.807, 2.05) is 0 Å². The molecule has 0 unspecified atom stereocenters. The lowest BCUT2D eigenvalue weighted by molar-refractivity contribution is -0.212. The number of nitrogens with zero attached hydrogens (tertiary/aromatic N) is 1. The van der Waals surface area contributed by atoms with Gasteiger partial charge in [-0.05, 0) is 5.56 Å². The van der Waals surface area contributed by atoms with Crippen molar-refractivity contribution in [3.05, 3.63) is 35.9 Å². The van der Waals surface area contributed by atoms with Gasteiger partial charge in [0, 0.05) is 5.90 Å². The third kappa shape index (κ3) is 2.72. The Balaban J connectivity index is 3.13. The molecule has 0 saturated carbocycles. The van der Waals surface area contributed by atoms with E-state index in [0.717, 1.165) is 12.1 Å². The summed E-state index contributed by atoms with van der Waals surface area (Å²) in [4.78, 5) is 0. The summed E-state index contributed by atoms with van der Waals surface area (Å²) in [7, 11) is -5.77. The monoisotopic (exact) mass is 252 g/mol. The number of sulfonamides is 1. The Hall–Kier alpha value is -1.57. The molecule has 0 atom stereocenters. The molecule has 4 nitrogen and oxygen atoms in total. The molecule has 1 aromatic carbocycles. The Kier molecular flexibility index (Phi) is 3.22. The van der Waals surface area contributed by atoms with Gasteiger partial charge in [-0.25, -0.2) is 0 Å². The fraction of sp³-hybridized carbons (Fsp3) is 0.125. The second-order valence-corrected chi connectivity index (χ2v) is 4.28. The predicted octanol–water partition coefficient (Wildman–Crippen LogP) is 0.643. The first kappa shape index (κ1) is 12.5. The third-order valence-corrected chi connectivity index (χ3v) is 2.51. The summed E-state index contributed by atoms with van der Waals surface area (Å²) in [5.41, 5.74) is -5.78. The van der Waals surface area contributed by atoms with Gasteiger partial charge < -0.3 is 5.11 Å². The highest BCUT2D eigenvalue weighted by atomic mass is 32.2. The summed E-state index contributed by atoms with van der Waals surface area (Å²) in [6.45, 7) is 0. The molecule has 88 valence electrons. The van der Waals surface area contributed by atoms with Gasteiger partial charge in [0.2, 0.25) is 0 Å². The minimum absolute atomic E-state index is 0.227. The standard InChI is InChI=1S/C8H6F3NO3S/c9-8(10,11)16(14,15)12-7(13)6-4-2-1-3-5-6/h1-5H,(H,12,13)/p-1. The van der Waals surface area contributed by atoms with Crippen LogP contribution in [0.1, 0.15) is 5.56 Å². The van der Waals surface area contributed by atoms with Crippen LogP contribution in [0.4, 0.5) is 13.2 Å². The van der Waals surface area contributed by atoms with Gasteiger partial charge in [0.15, 0.2) is 0 Å².